The van der Waals surface area contributed by atoms with Crippen LogP contribution >= 0.6 is 15.9 Å². The van der Waals surface area contributed by atoms with Gasteiger partial charge in [0.05, 0.1) is 5.52 Å². The number of ether oxygens (including phenoxy) is 2. The number of rotatable bonds is 3. The predicted molar refractivity (Wildman–Crippen MR) is 83.3 cm³/mol. The van der Waals surface area contributed by atoms with Crippen LogP contribution in [0.25, 0.3) is 10.9 Å². The van der Waals surface area contributed by atoms with E-state index in [0.717, 1.165) is 28.5 Å². The molecule has 5 heteroatoms. The summed E-state index contributed by atoms with van der Waals surface area (Å²) in [6.07, 6.45) is 2.07. The molecular weight excluding hydrogens is 320 g/mol. The van der Waals surface area contributed by atoms with E-state index in [1.54, 1.807) is 14.2 Å². The largest absolute Gasteiger partial charge is 0.377 e. The quantitative estimate of drug-likeness (QED) is 0.863. The van der Waals surface area contributed by atoms with Crippen LogP contribution in [0.1, 0.15) is 0 Å². The van der Waals surface area contributed by atoms with Crippen molar-refractivity contribution in [2.24, 2.45) is 0 Å². The summed E-state index contributed by atoms with van der Waals surface area (Å²) >= 11 is 3.53. The molecule has 1 aliphatic heterocycles. The van der Waals surface area contributed by atoms with Gasteiger partial charge in [0.25, 0.3) is 0 Å². The molecule has 0 spiro atoms. The van der Waals surface area contributed by atoms with Gasteiger partial charge in [0.15, 0.2) is 0 Å². The number of aromatic nitrogens is 1. The summed E-state index contributed by atoms with van der Waals surface area (Å²) in [6, 6.07) is 8.21. The molecule has 1 aromatic heterocycles. The Labute approximate surface area is 126 Å². The van der Waals surface area contributed by atoms with E-state index in [4.69, 9.17) is 9.47 Å². The number of benzene rings is 1. The van der Waals surface area contributed by atoms with E-state index in [1.165, 1.54) is 5.69 Å². The van der Waals surface area contributed by atoms with Crippen molar-refractivity contribution in [2.75, 3.05) is 32.2 Å². The van der Waals surface area contributed by atoms with Gasteiger partial charge in [-0.2, -0.15) is 0 Å². The maximum Gasteiger partial charge on any atom is 0.102 e. The minimum atomic E-state index is 0.107. The summed E-state index contributed by atoms with van der Waals surface area (Å²) in [6.45, 7) is 1.67. The first-order valence-corrected chi connectivity index (χ1v) is 7.37. The van der Waals surface area contributed by atoms with E-state index in [-0.39, 0.29) is 12.2 Å². The molecule has 0 amide bonds. The van der Waals surface area contributed by atoms with Crippen LogP contribution in [0.3, 0.4) is 0 Å². The molecule has 1 saturated heterocycles. The van der Waals surface area contributed by atoms with Crippen LogP contribution in [-0.2, 0) is 9.47 Å². The highest BCUT2D eigenvalue weighted by molar-refractivity contribution is 9.10. The lowest BCUT2D eigenvalue weighted by Crippen LogP contribution is -2.27. The molecule has 0 unspecified atom stereocenters. The summed E-state index contributed by atoms with van der Waals surface area (Å²) in [5.74, 6) is 0. The molecule has 0 aliphatic carbocycles. The molecule has 20 heavy (non-hydrogen) atoms. The Morgan fingerprint density at radius 3 is 2.50 bits per heavy atom. The van der Waals surface area contributed by atoms with Gasteiger partial charge in [-0.25, -0.2) is 0 Å². The van der Waals surface area contributed by atoms with Crippen molar-refractivity contribution in [3.8, 4) is 0 Å². The molecule has 2 heterocycles. The fourth-order valence-electron chi connectivity index (χ4n) is 2.77. The third kappa shape index (κ3) is 2.41. The standard InChI is InChI=1S/C15H17BrN2O2/c1-19-14-8-18(9-15(14)20-2)13-5-6-17-12-4-3-10(16)7-11(12)13/h3-7,14-15H,8-9H2,1-2H3/t14-,15-/m0/s1. The Balaban J connectivity index is 2.00. The Morgan fingerprint density at radius 2 is 1.85 bits per heavy atom. The fourth-order valence-corrected chi connectivity index (χ4v) is 3.13. The average molecular weight is 337 g/mol. The highest BCUT2D eigenvalue weighted by Crippen LogP contribution is 2.31. The molecule has 0 bridgehead atoms. The number of pyridine rings is 1. The molecule has 106 valence electrons. The number of hydrogen-bond donors (Lipinski definition) is 0. The number of halogens is 1. The fraction of sp³-hybridized carbons (Fsp3) is 0.400. The third-order valence-corrected chi connectivity index (χ3v) is 4.34. The number of hydrogen-bond acceptors (Lipinski definition) is 4. The van der Waals surface area contributed by atoms with Gasteiger partial charge in [0.1, 0.15) is 12.2 Å². The van der Waals surface area contributed by atoms with Crippen LogP contribution in [0, 0.1) is 0 Å². The SMILES string of the molecule is CO[C@H]1CN(c2ccnc3ccc(Br)cc23)C[C@@H]1OC. The van der Waals surface area contributed by atoms with E-state index in [2.05, 4.69) is 37.9 Å². The van der Waals surface area contributed by atoms with Gasteiger partial charge in [-0.05, 0) is 24.3 Å². The zero-order valence-corrected chi connectivity index (χ0v) is 13.1. The first-order chi connectivity index (χ1) is 9.72. The maximum atomic E-state index is 5.51. The van der Waals surface area contributed by atoms with Gasteiger partial charge in [0, 0.05) is 49.1 Å². The smallest absolute Gasteiger partial charge is 0.102 e. The molecule has 4 nitrogen and oxygen atoms in total. The van der Waals surface area contributed by atoms with Crippen molar-refractivity contribution in [3.05, 3.63) is 34.9 Å². The second kappa shape index (κ2) is 5.68. The van der Waals surface area contributed by atoms with Crippen LogP contribution in [0.4, 0.5) is 5.69 Å². The van der Waals surface area contributed by atoms with Gasteiger partial charge < -0.3 is 14.4 Å². The second-order valence-corrected chi connectivity index (χ2v) is 5.86. The molecule has 1 fully saturated rings. The van der Waals surface area contributed by atoms with Crippen molar-refractivity contribution >= 4 is 32.5 Å². The van der Waals surface area contributed by atoms with Crippen molar-refractivity contribution in [1.29, 1.82) is 0 Å². The van der Waals surface area contributed by atoms with Crippen LogP contribution in [0.2, 0.25) is 0 Å². The molecule has 1 aromatic carbocycles. The highest BCUT2D eigenvalue weighted by atomic mass is 79.9. The number of nitrogens with zero attached hydrogens (tertiary/aromatic N) is 2. The Morgan fingerprint density at radius 1 is 1.15 bits per heavy atom. The molecule has 2 atom stereocenters. The van der Waals surface area contributed by atoms with E-state index in [0.29, 0.717) is 0 Å². The summed E-state index contributed by atoms with van der Waals surface area (Å²) in [5.41, 5.74) is 2.18. The van der Waals surface area contributed by atoms with Crippen molar-refractivity contribution < 1.29 is 9.47 Å². The van der Waals surface area contributed by atoms with Crippen LogP contribution in [0.15, 0.2) is 34.9 Å². The summed E-state index contributed by atoms with van der Waals surface area (Å²) in [7, 11) is 3.48. The van der Waals surface area contributed by atoms with Crippen molar-refractivity contribution in [2.45, 2.75) is 12.2 Å². The lowest BCUT2D eigenvalue weighted by molar-refractivity contribution is -0.00461. The Bertz CT molecular complexity index is 608. The summed E-state index contributed by atoms with van der Waals surface area (Å²) in [4.78, 5) is 6.73. The zero-order valence-electron chi connectivity index (χ0n) is 11.5. The average Bonchev–Trinajstić information content (AvgIpc) is 2.89. The van der Waals surface area contributed by atoms with Crippen LogP contribution < -0.4 is 4.90 Å². The lowest BCUT2D eigenvalue weighted by atomic mass is 10.2. The first-order valence-electron chi connectivity index (χ1n) is 6.57. The van der Waals surface area contributed by atoms with Crippen LogP contribution in [0.5, 0.6) is 0 Å². The monoisotopic (exact) mass is 336 g/mol. The van der Waals surface area contributed by atoms with Gasteiger partial charge in [0.2, 0.25) is 0 Å². The van der Waals surface area contributed by atoms with E-state index >= 15 is 0 Å². The molecule has 3 rings (SSSR count). The van der Waals surface area contributed by atoms with Crippen molar-refractivity contribution in [3.63, 3.8) is 0 Å². The zero-order chi connectivity index (χ0) is 14.1. The second-order valence-electron chi connectivity index (χ2n) is 4.94. The number of methoxy groups -OCH3 is 2. The van der Waals surface area contributed by atoms with Gasteiger partial charge >= 0.3 is 0 Å². The normalized spacial score (nSPS) is 22.6. The molecule has 0 radical (unpaired) electrons. The van der Waals surface area contributed by atoms with Gasteiger partial charge in [-0.1, -0.05) is 15.9 Å². The van der Waals surface area contributed by atoms with Crippen LogP contribution in [-0.4, -0.2) is 44.5 Å². The van der Waals surface area contributed by atoms with Gasteiger partial charge in [-0.15, -0.1) is 0 Å². The van der Waals surface area contributed by atoms with E-state index in [9.17, 15) is 0 Å². The number of anilines is 1. The summed E-state index contributed by atoms with van der Waals surface area (Å²) in [5, 5.41) is 1.15. The first kappa shape index (κ1) is 13.8. The molecule has 1 aliphatic rings. The molecule has 2 aromatic rings. The molecule has 0 N–H and O–H groups in total. The van der Waals surface area contributed by atoms with Gasteiger partial charge in [-0.3, -0.25) is 4.98 Å². The molecule has 0 saturated carbocycles. The minimum Gasteiger partial charge on any atom is -0.377 e. The third-order valence-electron chi connectivity index (χ3n) is 3.84. The lowest BCUT2D eigenvalue weighted by Gasteiger charge is -2.20. The van der Waals surface area contributed by atoms with E-state index < -0.39 is 0 Å². The summed E-state index contributed by atoms with van der Waals surface area (Å²) < 4.78 is 12.1. The predicted octanol–water partition coefficient (Wildman–Crippen LogP) is 2.85. The number of fused-ring (bicyclic) bond motifs is 1. The Kier molecular flexibility index (Phi) is 3.92. The maximum absolute atomic E-state index is 5.51. The minimum absolute atomic E-state index is 0.107. The van der Waals surface area contributed by atoms with Crippen molar-refractivity contribution in [1.82, 2.24) is 4.98 Å². The van der Waals surface area contributed by atoms with E-state index in [1.807, 2.05) is 18.3 Å². The molecular formula is C15H17BrN2O2. The Hall–Kier alpha value is -1.17. The topological polar surface area (TPSA) is 34.6 Å². The highest BCUT2D eigenvalue weighted by Gasteiger charge is 2.33.